The van der Waals surface area contributed by atoms with Gasteiger partial charge in [-0.25, -0.2) is 0 Å². The number of carbonyl (C=O) groups excluding carboxylic acids is 1. The predicted octanol–water partition coefficient (Wildman–Crippen LogP) is 4.27. The monoisotopic (exact) mass is 518 g/mol. The highest BCUT2D eigenvalue weighted by molar-refractivity contribution is 5.86. The molecule has 5 rings (SSSR count). The van der Waals surface area contributed by atoms with E-state index in [0.717, 1.165) is 17.6 Å². The topological polar surface area (TPSA) is 114 Å². The minimum Gasteiger partial charge on any atom is -0.502 e. The van der Waals surface area contributed by atoms with Crippen molar-refractivity contribution in [1.29, 1.82) is 0 Å². The van der Waals surface area contributed by atoms with Gasteiger partial charge in [0.2, 0.25) is 22.8 Å². The second kappa shape index (κ2) is 10.2. The van der Waals surface area contributed by atoms with Crippen LogP contribution in [0.3, 0.4) is 0 Å². The highest BCUT2D eigenvalue weighted by Crippen LogP contribution is 2.43. The minimum absolute atomic E-state index is 0.0148. The molecule has 2 aromatic carbocycles. The number of nitrogens with zero attached hydrogens (tertiary/aromatic N) is 1. The Morgan fingerprint density at radius 1 is 1.11 bits per heavy atom. The third kappa shape index (κ3) is 4.44. The van der Waals surface area contributed by atoms with E-state index in [1.807, 2.05) is 18.2 Å². The van der Waals surface area contributed by atoms with Crippen molar-refractivity contribution in [2.45, 2.75) is 32.2 Å². The van der Waals surface area contributed by atoms with E-state index in [1.54, 1.807) is 24.0 Å². The number of nitrogens with one attached hydrogen (secondary N) is 1. The molecule has 1 aliphatic heterocycles. The van der Waals surface area contributed by atoms with Gasteiger partial charge in [0.15, 0.2) is 17.3 Å². The second-order valence-corrected chi connectivity index (χ2v) is 9.34. The SMILES string of the molecule is COc1cc([C@@H](CC(=O)N2CCc3c([nH]c4ccccc34)C2)c2oc(C)cc(=O)c2O)cc(OC)c1OC. The van der Waals surface area contributed by atoms with Gasteiger partial charge in [0.1, 0.15) is 5.76 Å². The molecule has 2 N–H and O–H groups in total. The average molecular weight is 519 g/mol. The molecule has 198 valence electrons. The molecule has 9 heteroatoms. The van der Waals surface area contributed by atoms with Gasteiger partial charge in [0.05, 0.1) is 33.8 Å². The van der Waals surface area contributed by atoms with Crippen LogP contribution in [0.25, 0.3) is 10.9 Å². The normalized spacial score (nSPS) is 13.7. The summed E-state index contributed by atoms with van der Waals surface area (Å²) in [5.74, 6) is 0.0441. The van der Waals surface area contributed by atoms with Gasteiger partial charge in [-0.1, -0.05) is 18.2 Å². The number of methoxy groups -OCH3 is 3. The van der Waals surface area contributed by atoms with Crippen LogP contribution in [0.5, 0.6) is 23.0 Å². The molecule has 2 aromatic heterocycles. The summed E-state index contributed by atoms with van der Waals surface area (Å²) in [5.41, 5.74) is 3.29. The van der Waals surface area contributed by atoms with Crippen LogP contribution in [-0.2, 0) is 17.8 Å². The fourth-order valence-corrected chi connectivity index (χ4v) is 5.24. The van der Waals surface area contributed by atoms with Gasteiger partial charge in [0, 0.05) is 35.6 Å². The summed E-state index contributed by atoms with van der Waals surface area (Å²) in [4.78, 5) is 31.4. The van der Waals surface area contributed by atoms with Crippen LogP contribution in [-0.4, -0.2) is 48.8 Å². The summed E-state index contributed by atoms with van der Waals surface area (Å²) in [6.45, 7) is 2.62. The van der Waals surface area contributed by atoms with Crippen LogP contribution in [0, 0.1) is 6.92 Å². The van der Waals surface area contributed by atoms with E-state index in [0.29, 0.717) is 41.7 Å². The molecule has 1 atom stereocenters. The molecule has 1 aliphatic rings. The molecule has 0 radical (unpaired) electrons. The van der Waals surface area contributed by atoms with E-state index in [4.69, 9.17) is 18.6 Å². The fourth-order valence-electron chi connectivity index (χ4n) is 5.24. The Balaban J connectivity index is 1.54. The lowest BCUT2D eigenvalue weighted by Gasteiger charge is -2.29. The van der Waals surface area contributed by atoms with E-state index < -0.39 is 17.1 Å². The third-order valence-electron chi connectivity index (χ3n) is 7.09. The largest absolute Gasteiger partial charge is 0.502 e. The van der Waals surface area contributed by atoms with E-state index in [2.05, 4.69) is 11.1 Å². The van der Waals surface area contributed by atoms with Gasteiger partial charge in [-0.15, -0.1) is 0 Å². The molecule has 0 saturated carbocycles. The van der Waals surface area contributed by atoms with Crippen LogP contribution in [0.4, 0.5) is 0 Å². The zero-order valence-electron chi connectivity index (χ0n) is 21.8. The van der Waals surface area contributed by atoms with Crippen molar-refractivity contribution >= 4 is 16.8 Å². The van der Waals surface area contributed by atoms with Gasteiger partial charge in [-0.2, -0.15) is 0 Å². The number of carbonyl (C=O) groups is 1. The number of fused-ring (bicyclic) bond motifs is 3. The number of aryl methyl sites for hydroxylation is 1. The number of hydrogen-bond acceptors (Lipinski definition) is 7. The molecule has 38 heavy (non-hydrogen) atoms. The van der Waals surface area contributed by atoms with E-state index in [-0.39, 0.29) is 18.1 Å². The van der Waals surface area contributed by atoms with Gasteiger partial charge in [-0.3, -0.25) is 9.59 Å². The number of H-pyrrole nitrogens is 1. The number of amides is 1. The molecular weight excluding hydrogens is 488 g/mol. The molecule has 0 spiro atoms. The first kappa shape index (κ1) is 25.3. The molecule has 0 fully saturated rings. The first-order valence-electron chi connectivity index (χ1n) is 12.3. The molecule has 0 aliphatic carbocycles. The Bertz CT molecular complexity index is 1540. The molecule has 9 nitrogen and oxygen atoms in total. The van der Waals surface area contributed by atoms with Crippen molar-refractivity contribution in [3.05, 3.63) is 81.0 Å². The molecule has 0 unspecified atom stereocenters. The number of aromatic nitrogens is 1. The van der Waals surface area contributed by atoms with Crippen molar-refractivity contribution in [2.75, 3.05) is 27.9 Å². The second-order valence-electron chi connectivity index (χ2n) is 9.34. The molecule has 4 aromatic rings. The van der Waals surface area contributed by atoms with Crippen LogP contribution in [0.15, 0.2) is 51.7 Å². The van der Waals surface area contributed by atoms with Gasteiger partial charge >= 0.3 is 0 Å². The van der Waals surface area contributed by atoms with Crippen molar-refractivity contribution in [2.24, 2.45) is 0 Å². The highest BCUT2D eigenvalue weighted by atomic mass is 16.5. The maximum Gasteiger partial charge on any atom is 0.227 e. The summed E-state index contributed by atoms with van der Waals surface area (Å²) < 4.78 is 22.3. The van der Waals surface area contributed by atoms with Crippen molar-refractivity contribution in [1.82, 2.24) is 9.88 Å². The Morgan fingerprint density at radius 2 is 1.82 bits per heavy atom. The number of aromatic amines is 1. The number of benzene rings is 2. The number of para-hydroxylation sites is 1. The Kier molecular flexibility index (Phi) is 6.75. The van der Waals surface area contributed by atoms with Crippen molar-refractivity contribution < 1.29 is 28.5 Å². The summed E-state index contributed by atoms with van der Waals surface area (Å²) >= 11 is 0. The number of rotatable bonds is 7. The van der Waals surface area contributed by atoms with Crippen LogP contribution < -0.4 is 19.6 Å². The molecule has 1 amide bonds. The third-order valence-corrected chi connectivity index (χ3v) is 7.09. The number of ether oxygens (including phenoxy) is 3. The maximum atomic E-state index is 13.7. The Morgan fingerprint density at radius 3 is 2.50 bits per heavy atom. The smallest absolute Gasteiger partial charge is 0.227 e. The zero-order chi connectivity index (χ0) is 27.0. The lowest BCUT2D eigenvalue weighted by Crippen LogP contribution is -2.36. The highest BCUT2D eigenvalue weighted by Gasteiger charge is 2.31. The van der Waals surface area contributed by atoms with Crippen LogP contribution >= 0.6 is 0 Å². The first-order valence-corrected chi connectivity index (χ1v) is 12.3. The van der Waals surface area contributed by atoms with E-state index in [9.17, 15) is 14.7 Å². The van der Waals surface area contributed by atoms with Gasteiger partial charge in [-0.05, 0) is 42.7 Å². The molecule has 3 heterocycles. The minimum atomic E-state index is -0.784. The summed E-state index contributed by atoms with van der Waals surface area (Å²) in [5, 5.41) is 11.9. The zero-order valence-corrected chi connectivity index (χ0v) is 21.8. The standard InChI is InChI=1S/C29H30N2O7/c1-16-11-23(32)27(34)28(38-16)20(17-12-24(35-2)29(37-4)25(13-17)36-3)14-26(33)31-10-9-19-18-7-5-6-8-21(18)30-22(19)15-31/h5-8,11-13,20,30,34H,9-10,14-15H2,1-4H3/t20-/m1/s1. The average Bonchev–Trinajstić information content (AvgIpc) is 3.30. The number of hydrogen-bond donors (Lipinski definition) is 2. The molecular formula is C29H30N2O7. The Labute approximate surface area is 219 Å². The van der Waals surface area contributed by atoms with Crippen molar-refractivity contribution in [3.8, 4) is 23.0 Å². The van der Waals surface area contributed by atoms with E-state index in [1.165, 1.54) is 38.3 Å². The summed E-state index contributed by atoms with van der Waals surface area (Å²) in [6, 6.07) is 12.7. The lowest BCUT2D eigenvalue weighted by atomic mass is 9.90. The summed E-state index contributed by atoms with van der Waals surface area (Å²) in [7, 11) is 4.50. The van der Waals surface area contributed by atoms with Crippen LogP contribution in [0.1, 0.15) is 40.7 Å². The quantitative estimate of drug-likeness (QED) is 0.376. The lowest BCUT2D eigenvalue weighted by molar-refractivity contribution is -0.132. The summed E-state index contributed by atoms with van der Waals surface area (Å²) in [6.07, 6.45) is 0.679. The van der Waals surface area contributed by atoms with Gasteiger partial charge < -0.3 is 33.6 Å². The van der Waals surface area contributed by atoms with Crippen molar-refractivity contribution in [3.63, 3.8) is 0 Å². The van der Waals surface area contributed by atoms with Crippen LogP contribution in [0.2, 0.25) is 0 Å². The first-order chi connectivity index (χ1) is 18.3. The predicted molar refractivity (Wildman–Crippen MR) is 141 cm³/mol. The van der Waals surface area contributed by atoms with Gasteiger partial charge in [0.25, 0.3) is 0 Å². The fraction of sp³-hybridized carbons (Fsp3) is 0.310. The van der Waals surface area contributed by atoms with E-state index >= 15 is 0 Å². The maximum absolute atomic E-state index is 13.7. The Hall–Kier alpha value is -4.40. The number of aromatic hydroxyl groups is 1. The molecule has 0 saturated heterocycles. The molecule has 0 bridgehead atoms.